The Morgan fingerprint density at radius 1 is 0.734 bits per heavy atom. The van der Waals surface area contributed by atoms with Gasteiger partial charge in [0.05, 0.1) is 54.4 Å². The first-order chi connectivity index (χ1) is 51.4. The van der Waals surface area contributed by atoms with E-state index in [1.807, 2.05) is 31.4 Å². The van der Waals surface area contributed by atoms with E-state index in [4.69, 9.17) is 29.7 Å². The van der Waals surface area contributed by atoms with Crippen LogP contribution in [-0.4, -0.2) is 196 Å². The van der Waals surface area contributed by atoms with Crippen molar-refractivity contribution in [1.82, 2.24) is 72.0 Å². The lowest BCUT2D eigenvalue weighted by Gasteiger charge is -2.22. The standard InChI is InChI=1S/C67H78N16O22S4/c1-8-36-28(2)39-23-44-51(32(6)84)30(4)41(74-44)21-40-29(3)37(55(76-40)53-54(65(96)104-7)58(88)52-31(5)42(77-56(52)53)22-43(36)73-39)13-15-48(86)82-83-67(97)105-50(109(101,102)103)17-19-106-107-27-46(64(94)95)79-61(90)45(24-49(87)69-18-20-108(98,99)100)75-47(85)16-14-38(63(92)93)78-60(89)33-9-11-34(12-10-33)70-25-35-26-71-59-57(72-35)62(91)81-66(68)80-59/h9-12,21-23,26,28-29,36-38,45-46,50,54,70,74,77H,8,13-20,24-25,27H2,1-7H3,(H,69,87)(H,75,85)(H,78,89)(H,79,90)(H,82,86)(H,83,97)(H,92,93)(H,94,95)(H,98,99,100)(H,101,102,103)(H3,68,71,80,81,91)/t28-,29+,36-,37+,38+,45+,46+,50?,54?/m1/s1. The van der Waals surface area contributed by atoms with E-state index in [-0.39, 0.29) is 82.3 Å². The number of aryl methyl sites for hydroxylation is 2. The van der Waals surface area contributed by atoms with Crippen LogP contribution in [-0.2, 0) is 69.8 Å². The summed E-state index contributed by atoms with van der Waals surface area (Å²) in [6.45, 7) is 10.3. The number of methoxy groups -OCH3 is 1. The largest absolute Gasteiger partial charge is 0.480 e. The maximum Gasteiger partial charge on any atom is 0.427 e. The zero-order valence-electron chi connectivity index (χ0n) is 59.4. The first kappa shape index (κ1) is 82.1. The van der Waals surface area contributed by atoms with Crippen molar-refractivity contribution in [3.8, 4) is 0 Å². The number of amides is 6. The highest BCUT2D eigenvalue weighted by atomic mass is 33.1. The molecule has 1 aromatic carbocycles. The summed E-state index contributed by atoms with van der Waals surface area (Å²) in [5, 5.41) is 31.9. The minimum Gasteiger partial charge on any atom is -0.480 e. The van der Waals surface area contributed by atoms with Gasteiger partial charge in [0.1, 0.15) is 24.0 Å². The summed E-state index contributed by atoms with van der Waals surface area (Å²) in [6.07, 6.45) is -2.81. The van der Waals surface area contributed by atoms with E-state index >= 15 is 0 Å². The van der Waals surface area contributed by atoms with Crippen LogP contribution in [0.3, 0.4) is 0 Å². The normalized spacial score (nSPS) is 17.1. The molecule has 16 N–H and O–H groups in total. The monoisotopic (exact) mass is 1590 g/mol. The first-order valence-electron chi connectivity index (χ1n) is 33.8. The number of H-pyrrole nitrogens is 3. The van der Waals surface area contributed by atoms with Crippen LogP contribution in [0.4, 0.5) is 16.4 Å². The lowest BCUT2D eigenvalue weighted by atomic mass is 9.84. The predicted molar refractivity (Wildman–Crippen MR) is 394 cm³/mol. The van der Waals surface area contributed by atoms with Gasteiger partial charge in [0.15, 0.2) is 22.7 Å². The Hall–Kier alpha value is -10.9. The van der Waals surface area contributed by atoms with Gasteiger partial charge < -0.3 is 62.0 Å². The number of nitrogen functional groups attached to an aromatic ring is 1. The van der Waals surface area contributed by atoms with Crippen molar-refractivity contribution in [3.05, 3.63) is 121 Å². The number of carbonyl (C=O) groups excluding carboxylic acids is 9. The van der Waals surface area contributed by atoms with Crippen LogP contribution in [0.1, 0.15) is 178 Å². The van der Waals surface area contributed by atoms with Gasteiger partial charge in [-0.05, 0) is 93.6 Å². The number of fused-ring (bicyclic) bond motifs is 9. The lowest BCUT2D eigenvalue weighted by Crippen LogP contribution is -2.54. The lowest BCUT2D eigenvalue weighted by molar-refractivity contribution is -0.142. The minimum atomic E-state index is -5.20. The van der Waals surface area contributed by atoms with E-state index in [1.165, 1.54) is 37.4 Å². The Balaban J connectivity index is 0.796. The Bertz CT molecular complexity index is 5130. The Morgan fingerprint density at radius 3 is 2.06 bits per heavy atom. The molecule has 0 saturated heterocycles. The van der Waals surface area contributed by atoms with Gasteiger partial charge >= 0.3 is 34.1 Å². The number of ether oxygens (including phenoxy) is 2. The molecule has 9 atom stereocenters. The number of nitrogens with two attached hydrogens (primary N) is 1. The molecule has 3 aliphatic rings. The van der Waals surface area contributed by atoms with Gasteiger partial charge in [-0.3, -0.25) is 72.6 Å². The zero-order valence-corrected chi connectivity index (χ0v) is 62.6. The van der Waals surface area contributed by atoms with Gasteiger partial charge in [-0.25, -0.2) is 29.8 Å². The number of hydrogen-bond acceptors (Lipinski definition) is 27. The molecule has 582 valence electrons. The van der Waals surface area contributed by atoms with E-state index in [9.17, 15) is 89.1 Å². The fourth-order valence-electron chi connectivity index (χ4n) is 12.8. The minimum absolute atomic E-state index is 0.0141. The van der Waals surface area contributed by atoms with Crippen molar-refractivity contribution < 1.29 is 98.4 Å². The van der Waals surface area contributed by atoms with Gasteiger partial charge in [0.25, 0.3) is 21.6 Å². The van der Waals surface area contributed by atoms with E-state index in [0.717, 1.165) is 40.1 Å². The SMILES string of the molecule is CC[C@H]1c2cc3[nH]c4c(c3C)C(=O)C(C(=O)OC)c4c3nc(cc4[nH]c(cc(n2)[C@@H]1C)c(C(C)=O)c4C)[C@@H](C)[C@@H]3CCC(=O)NNC(=O)OC(CCSSC[C@H](NC(=O)[C@H](CC(=O)NCCS(=O)(=O)O)NC(=O)CC[C@H](NC(=O)c1ccc(NCc2cnc3nc(N)[nH]c(=O)c3n2)cc1)C(=O)O)C(=O)O)S(=O)(=O)O. The molecule has 38 nitrogen and oxygen atoms in total. The number of nitrogens with one attached hydrogen (secondary N) is 10. The van der Waals surface area contributed by atoms with Gasteiger partial charge in [0, 0.05) is 117 Å². The number of nitrogens with zero attached hydrogens (tertiary/aromatic N) is 5. The quantitative estimate of drug-likeness (QED) is 0.00545. The molecule has 2 aliphatic heterocycles. The summed E-state index contributed by atoms with van der Waals surface area (Å²) in [4.78, 5) is 190. The number of aromatic amines is 3. The van der Waals surface area contributed by atoms with Crippen molar-refractivity contribution in [2.75, 3.05) is 42.0 Å². The fraction of sp³-hybridized carbons (Fsp3) is 0.418. The second kappa shape index (κ2) is 35.0. The number of aliphatic carboxylic acids is 2. The maximum atomic E-state index is 14.5. The number of carboxylic acids is 2. The summed E-state index contributed by atoms with van der Waals surface area (Å²) >= 11 is 0. The number of Topliss-reactive ketones (excluding diaryl/α,β-unsaturated/α-hetero) is 2. The predicted octanol–water partition coefficient (Wildman–Crippen LogP) is 3.63. The number of hydrogen-bond donors (Lipinski definition) is 15. The molecule has 109 heavy (non-hydrogen) atoms. The van der Waals surface area contributed by atoms with E-state index in [0.29, 0.717) is 62.3 Å². The van der Waals surface area contributed by atoms with Crippen LogP contribution in [0.15, 0.2) is 53.5 Å². The van der Waals surface area contributed by atoms with Crippen LogP contribution in [0, 0.1) is 13.8 Å². The molecule has 9 rings (SSSR count). The number of carboxylic acid groups (broad SMARTS) is 2. The second-order valence-electron chi connectivity index (χ2n) is 25.8. The highest BCUT2D eigenvalue weighted by Crippen LogP contribution is 2.48. The fourth-order valence-corrected chi connectivity index (χ4v) is 16.2. The first-order valence-corrected chi connectivity index (χ1v) is 39.4. The number of esters is 1. The molecule has 6 amide bonds. The summed E-state index contributed by atoms with van der Waals surface area (Å²) in [5.74, 6) is -14.7. The number of anilines is 2. The molecule has 0 saturated carbocycles. The number of hydrazine groups is 1. The molecule has 42 heteroatoms. The van der Waals surface area contributed by atoms with Crippen molar-refractivity contribution in [3.63, 3.8) is 0 Å². The van der Waals surface area contributed by atoms with E-state index in [2.05, 4.69) is 68.8 Å². The number of ketones is 2. The third kappa shape index (κ3) is 20.1. The van der Waals surface area contributed by atoms with Crippen LogP contribution >= 0.6 is 21.6 Å². The third-order valence-corrected chi connectivity index (χ3v) is 22.6. The molecule has 0 radical (unpaired) electrons. The molecular formula is C67H78N16O22S4. The van der Waals surface area contributed by atoms with Crippen LogP contribution in [0.2, 0.25) is 0 Å². The molecule has 8 bridgehead atoms. The number of benzene rings is 1. The van der Waals surface area contributed by atoms with E-state index in [1.54, 1.807) is 19.9 Å². The summed E-state index contributed by atoms with van der Waals surface area (Å²) in [7, 11) is -7.14. The van der Waals surface area contributed by atoms with E-state index < -0.39 is 170 Å². The van der Waals surface area contributed by atoms with Crippen LogP contribution in [0.5, 0.6) is 0 Å². The molecular weight excluding hydrogens is 1510 g/mol. The molecule has 1 aliphatic carbocycles. The van der Waals surface area contributed by atoms with Crippen LogP contribution in [0.25, 0.3) is 33.2 Å². The van der Waals surface area contributed by atoms with Crippen molar-refractivity contribution in [1.29, 1.82) is 0 Å². The third-order valence-electron chi connectivity index (χ3n) is 18.5. The molecule has 2 unspecified atom stereocenters. The van der Waals surface area contributed by atoms with Crippen LogP contribution < -0.4 is 48.7 Å². The van der Waals surface area contributed by atoms with Gasteiger partial charge in [0.2, 0.25) is 35.0 Å². The van der Waals surface area contributed by atoms with Gasteiger partial charge in [-0.1, -0.05) is 42.4 Å². The Morgan fingerprint density at radius 2 is 1.40 bits per heavy atom. The molecule has 6 aromatic rings. The Kier molecular flexibility index (Phi) is 26.3. The molecule has 7 heterocycles. The highest BCUT2D eigenvalue weighted by Gasteiger charge is 2.46. The average Bonchev–Trinajstić information content (AvgIpc) is 1.56. The molecule has 0 fully saturated rings. The summed E-state index contributed by atoms with van der Waals surface area (Å²) in [5.41, 5.74) is 13.8. The molecule has 0 spiro atoms. The van der Waals surface area contributed by atoms with Gasteiger partial charge in [-0.15, -0.1) is 0 Å². The zero-order chi connectivity index (χ0) is 79.7. The van der Waals surface area contributed by atoms with Crippen molar-refractivity contribution in [2.45, 2.75) is 146 Å². The smallest absolute Gasteiger partial charge is 0.427 e. The summed E-state index contributed by atoms with van der Waals surface area (Å²) < 4.78 is 77.0. The van der Waals surface area contributed by atoms with Gasteiger partial charge in [-0.2, -0.15) is 21.8 Å². The number of aromatic nitrogens is 8. The average molecular weight is 1590 g/mol. The van der Waals surface area contributed by atoms with Crippen molar-refractivity contribution in [2.24, 2.45) is 0 Å². The summed E-state index contributed by atoms with van der Waals surface area (Å²) in [6, 6.07) is 5.69. The van der Waals surface area contributed by atoms with Crippen molar-refractivity contribution >= 4 is 152 Å². The number of carbonyl (C=O) groups is 11. The maximum absolute atomic E-state index is 14.5. The topological polar surface area (TPSA) is 595 Å². The highest BCUT2D eigenvalue weighted by molar-refractivity contribution is 8.76. The second-order valence-corrected chi connectivity index (χ2v) is 31.6. The number of rotatable bonds is 32. The Labute approximate surface area is 627 Å². The molecule has 5 aromatic heterocycles.